The number of ether oxygens (including phenoxy) is 1. The van der Waals surface area contributed by atoms with E-state index < -0.39 is 0 Å². The molecule has 0 radical (unpaired) electrons. The van der Waals surface area contributed by atoms with E-state index in [2.05, 4.69) is 15.5 Å². The van der Waals surface area contributed by atoms with Crippen LogP contribution in [0.1, 0.15) is 23.0 Å². The molecule has 0 bridgehead atoms. The standard InChI is InChI=1S/C19H18FN3O2/c1-2-25-18-6-4-3-5-14(18)12-21-19(24)17-11-16(22-23-17)13-7-9-15(20)10-8-13/h3-11H,2,12H2,1H3,(H,21,24)(H,22,23). The number of rotatable bonds is 6. The van der Waals surface area contributed by atoms with Gasteiger partial charge in [0.05, 0.1) is 12.3 Å². The van der Waals surface area contributed by atoms with Gasteiger partial charge in [-0.15, -0.1) is 0 Å². The summed E-state index contributed by atoms with van der Waals surface area (Å²) in [4.78, 5) is 12.3. The van der Waals surface area contributed by atoms with Crippen molar-refractivity contribution in [3.05, 3.63) is 71.7 Å². The number of benzene rings is 2. The number of H-pyrrole nitrogens is 1. The second kappa shape index (κ2) is 7.61. The number of hydrogen-bond donors (Lipinski definition) is 2. The maximum absolute atomic E-state index is 13.0. The lowest BCUT2D eigenvalue weighted by Crippen LogP contribution is -2.23. The summed E-state index contributed by atoms with van der Waals surface area (Å²) in [7, 11) is 0. The molecule has 2 aromatic carbocycles. The van der Waals surface area contributed by atoms with Crippen molar-refractivity contribution in [3.8, 4) is 17.0 Å². The van der Waals surface area contributed by atoms with Crippen molar-refractivity contribution in [1.82, 2.24) is 15.5 Å². The first-order valence-electron chi connectivity index (χ1n) is 7.97. The zero-order valence-electron chi connectivity index (χ0n) is 13.8. The van der Waals surface area contributed by atoms with Crippen LogP contribution in [0.25, 0.3) is 11.3 Å². The lowest BCUT2D eigenvalue weighted by molar-refractivity contribution is 0.0945. The van der Waals surface area contributed by atoms with E-state index >= 15 is 0 Å². The van der Waals surface area contributed by atoms with E-state index in [1.165, 1.54) is 12.1 Å². The van der Waals surface area contributed by atoms with Crippen molar-refractivity contribution < 1.29 is 13.9 Å². The highest BCUT2D eigenvalue weighted by Gasteiger charge is 2.12. The Morgan fingerprint density at radius 3 is 2.72 bits per heavy atom. The summed E-state index contributed by atoms with van der Waals surface area (Å²) < 4.78 is 18.5. The Morgan fingerprint density at radius 1 is 1.20 bits per heavy atom. The molecule has 0 saturated heterocycles. The second-order valence-electron chi connectivity index (χ2n) is 5.40. The molecule has 0 fully saturated rings. The van der Waals surface area contributed by atoms with Gasteiger partial charge in [-0.3, -0.25) is 9.89 Å². The molecule has 6 heteroatoms. The van der Waals surface area contributed by atoms with E-state index in [0.717, 1.165) is 16.9 Å². The number of nitrogens with one attached hydrogen (secondary N) is 2. The zero-order chi connectivity index (χ0) is 17.6. The third kappa shape index (κ3) is 4.03. The molecule has 0 atom stereocenters. The molecule has 1 amide bonds. The Morgan fingerprint density at radius 2 is 1.96 bits per heavy atom. The molecule has 0 aliphatic heterocycles. The number of para-hydroxylation sites is 1. The molecule has 2 N–H and O–H groups in total. The summed E-state index contributed by atoms with van der Waals surface area (Å²) >= 11 is 0. The van der Waals surface area contributed by atoms with Gasteiger partial charge in [-0.25, -0.2) is 4.39 Å². The molecule has 0 aliphatic carbocycles. The van der Waals surface area contributed by atoms with Crippen LogP contribution >= 0.6 is 0 Å². The van der Waals surface area contributed by atoms with Gasteiger partial charge in [-0.05, 0) is 43.3 Å². The minimum absolute atomic E-state index is 0.271. The van der Waals surface area contributed by atoms with Gasteiger partial charge in [-0.1, -0.05) is 18.2 Å². The fourth-order valence-electron chi connectivity index (χ4n) is 2.42. The number of nitrogens with zero attached hydrogens (tertiary/aromatic N) is 1. The molecular weight excluding hydrogens is 321 g/mol. The summed E-state index contributed by atoms with van der Waals surface area (Å²) in [6, 6.07) is 15.1. The molecule has 1 aromatic heterocycles. The number of carbonyl (C=O) groups excluding carboxylic acids is 1. The third-order valence-corrected chi connectivity index (χ3v) is 3.67. The summed E-state index contributed by atoms with van der Waals surface area (Å²) in [5.74, 6) is 0.166. The van der Waals surface area contributed by atoms with Crippen molar-refractivity contribution in [1.29, 1.82) is 0 Å². The van der Waals surface area contributed by atoms with Crippen LogP contribution in [0, 0.1) is 5.82 Å². The van der Waals surface area contributed by atoms with Crippen LogP contribution in [0.5, 0.6) is 5.75 Å². The lowest BCUT2D eigenvalue weighted by Gasteiger charge is -2.10. The minimum atomic E-state index is -0.315. The third-order valence-electron chi connectivity index (χ3n) is 3.67. The largest absolute Gasteiger partial charge is 0.494 e. The highest BCUT2D eigenvalue weighted by molar-refractivity contribution is 5.93. The Bertz CT molecular complexity index is 859. The van der Waals surface area contributed by atoms with Crippen molar-refractivity contribution in [3.63, 3.8) is 0 Å². The van der Waals surface area contributed by atoms with Gasteiger partial charge in [0.25, 0.3) is 5.91 Å². The number of aromatic nitrogens is 2. The van der Waals surface area contributed by atoms with Crippen molar-refractivity contribution in [2.45, 2.75) is 13.5 Å². The zero-order valence-corrected chi connectivity index (χ0v) is 13.8. The summed E-state index contributed by atoms with van der Waals surface area (Å²) in [5.41, 5.74) is 2.56. The topological polar surface area (TPSA) is 67.0 Å². The van der Waals surface area contributed by atoms with E-state index in [1.807, 2.05) is 31.2 Å². The molecule has 128 valence electrons. The maximum atomic E-state index is 13.0. The smallest absolute Gasteiger partial charge is 0.269 e. The molecule has 5 nitrogen and oxygen atoms in total. The van der Waals surface area contributed by atoms with Crippen LogP contribution < -0.4 is 10.1 Å². The lowest BCUT2D eigenvalue weighted by atomic mass is 10.1. The van der Waals surface area contributed by atoms with Crippen LogP contribution in [0.2, 0.25) is 0 Å². The van der Waals surface area contributed by atoms with Crippen LogP contribution in [-0.2, 0) is 6.54 Å². The molecule has 3 aromatic rings. The van der Waals surface area contributed by atoms with Crippen LogP contribution in [0.3, 0.4) is 0 Å². The second-order valence-corrected chi connectivity index (χ2v) is 5.40. The Labute approximate surface area is 144 Å². The number of aromatic amines is 1. The molecule has 25 heavy (non-hydrogen) atoms. The molecule has 0 unspecified atom stereocenters. The summed E-state index contributed by atoms with van der Waals surface area (Å²) in [6.45, 7) is 2.82. The predicted octanol–water partition coefficient (Wildman–Crippen LogP) is 3.54. The quantitative estimate of drug-likeness (QED) is 0.722. The van der Waals surface area contributed by atoms with E-state index in [-0.39, 0.29) is 11.7 Å². The highest BCUT2D eigenvalue weighted by Crippen LogP contribution is 2.19. The van der Waals surface area contributed by atoms with Crippen molar-refractivity contribution >= 4 is 5.91 Å². The van der Waals surface area contributed by atoms with Gasteiger partial charge in [0.15, 0.2) is 0 Å². The predicted molar refractivity (Wildman–Crippen MR) is 92.8 cm³/mol. The minimum Gasteiger partial charge on any atom is -0.494 e. The highest BCUT2D eigenvalue weighted by atomic mass is 19.1. The Balaban J connectivity index is 1.67. The van der Waals surface area contributed by atoms with Crippen LogP contribution in [-0.4, -0.2) is 22.7 Å². The Hall–Kier alpha value is -3.15. The Kier molecular flexibility index (Phi) is 5.09. The first-order chi connectivity index (χ1) is 12.2. The summed E-state index contributed by atoms with van der Waals surface area (Å²) in [5, 5.41) is 9.65. The fraction of sp³-hybridized carbons (Fsp3) is 0.158. The van der Waals surface area contributed by atoms with Crippen molar-refractivity contribution in [2.75, 3.05) is 6.61 Å². The van der Waals surface area contributed by atoms with Gasteiger partial charge in [0.1, 0.15) is 17.3 Å². The molecule has 0 aliphatic rings. The molecule has 0 spiro atoms. The number of halogens is 1. The first-order valence-corrected chi connectivity index (χ1v) is 7.97. The van der Waals surface area contributed by atoms with Gasteiger partial charge in [0.2, 0.25) is 0 Å². The summed E-state index contributed by atoms with van der Waals surface area (Å²) in [6.07, 6.45) is 0. The van der Waals surface area contributed by atoms with Crippen LogP contribution in [0.4, 0.5) is 4.39 Å². The SMILES string of the molecule is CCOc1ccccc1CNC(=O)c1cc(-c2ccc(F)cc2)n[nH]1. The average Bonchev–Trinajstić information content (AvgIpc) is 3.12. The van der Waals surface area contributed by atoms with E-state index in [9.17, 15) is 9.18 Å². The van der Waals surface area contributed by atoms with Crippen LogP contribution in [0.15, 0.2) is 54.6 Å². The number of hydrogen-bond acceptors (Lipinski definition) is 3. The normalized spacial score (nSPS) is 10.5. The molecular formula is C19H18FN3O2. The van der Waals surface area contributed by atoms with Gasteiger partial charge < -0.3 is 10.1 Å². The van der Waals surface area contributed by atoms with E-state index in [4.69, 9.17) is 4.74 Å². The van der Waals surface area contributed by atoms with Crippen molar-refractivity contribution in [2.24, 2.45) is 0 Å². The van der Waals surface area contributed by atoms with Gasteiger partial charge >= 0.3 is 0 Å². The monoisotopic (exact) mass is 339 g/mol. The van der Waals surface area contributed by atoms with Gasteiger partial charge in [-0.2, -0.15) is 5.10 Å². The fourth-order valence-corrected chi connectivity index (χ4v) is 2.42. The molecule has 1 heterocycles. The average molecular weight is 339 g/mol. The molecule has 0 saturated carbocycles. The van der Waals surface area contributed by atoms with Gasteiger partial charge in [0, 0.05) is 17.7 Å². The van der Waals surface area contributed by atoms with E-state index in [0.29, 0.717) is 24.5 Å². The number of amides is 1. The molecule has 3 rings (SSSR count). The first kappa shape index (κ1) is 16.7. The van der Waals surface area contributed by atoms with E-state index in [1.54, 1.807) is 18.2 Å². The number of carbonyl (C=O) groups is 1. The maximum Gasteiger partial charge on any atom is 0.269 e.